The number of nitrogens with zero attached hydrogens (tertiary/aromatic N) is 3. The maximum Gasteiger partial charge on any atom is 0.408 e. The lowest BCUT2D eigenvalue weighted by Crippen LogP contribution is -2.48. The van der Waals surface area contributed by atoms with E-state index in [2.05, 4.69) is 114 Å². The minimum atomic E-state index is -2.08. The normalized spacial score (nSPS) is 19.2. The third-order valence-corrected chi connectivity index (χ3v) is 36.7. The SMILES string of the molecule is COC(=O)[C@H](C)O.C[C@H](O)C(=O)N1CCCC1.C[C@H](O)C(N)c1ccc(F)c(F)c1.C[C@H](O[Si](C)(C)C(C)(C)C)/C(=N\O)c1ccc(F)c(F)c1.C[C@H](O[Si](C)(C)C(C)(C)C)C(=O)N1CCCC1.C[C@H](O[Si](C)(C)C(C)(C)C)C(=O)c1ccc(F)c(F)c1.C[C@H]1OC(=O)NC1c1ccc(F)c(F)c1.C[C@H]1OC(=O)N[C@@H]1c1ccc(F)c(F)c1.C[C@H]1OC(=O)N[C@H]1c1ccc(F)c(F)c1. The average molecular weight is 1950 g/mol. The molecule has 5 aliphatic heterocycles. The summed E-state index contributed by atoms with van der Waals surface area (Å²) in [4.78, 5) is 81.8. The highest BCUT2D eigenvalue weighted by atomic mass is 28.4. The number of carbonyl (C=O) groups excluding carboxylic acids is 7. The molecular weight excluding hydrogens is 1820 g/mol. The van der Waals surface area contributed by atoms with Crippen LogP contribution in [0.25, 0.3) is 0 Å². The van der Waals surface area contributed by atoms with Crippen LogP contribution in [0, 0.1) is 69.8 Å². The van der Waals surface area contributed by atoms with Crippen molar-refractivity contribution in [2.75, 3.05) is 33.3 Å². The van der Waals surface area contributed by atoms with Crippen LogP contribution in [0.3, 0.4) is 0 Å². The highest BCUT2D eigenvalue weighted by molar-refractivity contribution is 6.75. The number of rotatable bonds is 18. The van der Waals surface area contributed by atoms with Gasteiger partial charge in [-0.15, -0.1) is 0 Å². The second kappa shape index (κ2) is 51.8. The number of benzene rings is 6. The van der Waals surface area contributed by atoms with Gasteiger partial charge in [0.1, 0.15) is 48.4 Å². The first-order valence-corrected chi connectivity index (χ1v) is 51.8. The fourth-order valence-electron chi connectivity index (χ4n) is 12.2. The Kier molecular flexibility index (Phi) is 45.7. The number of alkyl carbamates (subject to hydrolysis) is 3. The Labute approximate surface area is 773 Å². The van der Waals surface area contributed by atoms with E-state index in [9.17, 15) is 91.5 Å². The number of cyclic esters (lactones) is 3. The number of ketones is 1. The summed E-state index contributed by atoms with van der Waals surface area (Å²) in [6.45, 7) is 49.9. The van der Waals surface area contributed by atoms with Gasteiger partial charge in [0, 0.05) is 37.3 Å². The van der Waals surface area contributed by atoms with Crippen molar-refractivity contribution in [3.63, 3.8) is 0 Å². The fourth-order valence-corrected chi connectivity index (χ4v) is 16.3. The molecule has 5 aliphatic rings. The van der Waals surface area contributed by atoms with Crippen LogP contribution < -0.4 is 21.7 Å². The Hall–Kier alpha value is -9.79. The largest absolute Gasteiger partial charge is 0.467 e. The molecule has 2 unspecified atom stereocenters. The number of carbonyl (C=O) groups is 7. The van der Waals surface area contributed by atoms with Gasteiger partial charge in [0.2, 0.25) is 5.91 Å². The zero-order chi connectivity index (χ0) is 102. The smallest absolute Gasteiger partial charge is 0.408 e. The highest BCUT2D eigenvalue weighted by Gasteiger charge is 2.44. The predicted octanol–water partition coefficient (Wildman–Crippen LogP) is 19.4. The van der Waals surface area contributed by atoms with E-state index in [0.717, 1.165) is 125 Å². The van der Waals surface area contributed by atoms with Crippen LogP contribution >= 0.6 is 0 Å². The maximum atomic E-state index is 13.3. The molecule has 5 saturated heterocycles. The van der Waals surface area contributed by atoms with Crippen molar-refractivity contribution < 1.29 is 139 Å². The lowest BCUT2D eigenvalue weighted by Gasteiger charge is -2.38. The van der Waals surface area contributed by atoms with Crippen molar-refractivity contribution in [2.24, 2.45) is 10.9 Å². The molecule has 0 spiro atoms. The molecule has 133 heavy (non-hydrogen) atoms. The van der Waals surface area contributed by atoms with Gasteiger partial charge in [-0.3, -0.25) is 14.4 Å². The Morgan fingerprint density at radius 2 is 0.707 bits per heavy atom. The molecule has 5 fully saturated rings. The summed E-state index contributed by atoms with van der Waals surface area (Å²) in [5.74, 6) is -12.1. The Balaban J connectivity index is 0.000000390. The predicted molar refractivity (Wildman–Crippen MR) is 485 cm³/mol. The molecule has 6 aromatic rings. The molecule has 0 aromatic heterocycles. The summed E-state index contributed by atoms with van der Waals surface area (Å²) in [6, 6.07) is 18.5. The van der Waals surface area contributed by atoms with Crippen molar-refractivity contribution in [3.8, 4) is 0 Å². The molecule has 5 amide bonds. The number of likely N-dealkylation sites (tertiary alicyclic amines) is 2. The quantitative estimate of drug-likeness (QED) is 0.00579. The lowest BCUT2D eigenvalue weighted by molar-refractivity contribution is -0.149. The number of methoxy groups -OCH3 is 1. The Bertz CT molecular complexity index is 4690. The topological polar surface area (TPSA) is 346 Å². The molecule has 5 heterocycles. The van der Waals surface area contributed by atoms with E-state index in [1.807, 2.05) is 24.9 Å². The van der Waals surface area contributed by atoms with Crippen LogP contribution in [0.2, 0.25) is 54.4 Å². The zero-order valence-electron chi connectivity index (χ0n) is 80.0. The second-order valence-corrected chi connectivity index (χ2v) is 51.0. The first kappa shape index (κ1) is 117. The molecule has 40 heteroatoms. The molecule has 0 aliphatic carbocycles. The molecule has 11 rings (SSSR count). The molecular formula is C93H131F12N7O18Si3. The number of hydrogen-bond donors (Lipinski definition) is 8. The highest BCUT2D eigenvalue weighted by Crippen LogP contribution is 2.41. The van der Waals surface area contributed by atoms with Crippen molar-refractivity contribution >= 4 is 72.5 Å². The maximum absolute atomic E-state index is 13.3. The molecule has 6 aromatic carbocycles. The number of Topliss-reactive ketones (excluding diaryl/α,β-unsaturated/α-hetero) is 1. The van der Waals surface area contributed by atoms with E-state index < -0.39 is 174 Å². The van der Waals surface area contributed by atoms with Gasteiger partial charge < -0.3 is 84.2 Å². The molecule has 13 atom stereocenters. The summed E-state index contributed by atoms with van der Waals surface area (Å²) >= 11 is 0. The number of ether oxygens (including phenoxy) is 4. The number of amides is 5. The van der Waals surface area contributed by atoms with Crippen molar-refractivity contribution in [3.05, 3.63) is 212 Å². The molecule has 0 saturated carbocycles. The van der Waals surface area contributed by atoms with Crippen LogP contribution in [0.4, 0.5) is 67.1 Å². The van der Waals surface area contributed by atoms with Gasteiger partial charge in [0.25, 0.3) is 5.91 Å². The van der Waals surface area contributed by atoms with Gasteiger partial charge in [-0.25, -0.2) is 71.9 Å². The van der Waals surface area contributed by atoms with Crippen molar-refractivity contribution in [1.29, 1.82) is 0 Å². The number of hydrogen-bond acceptors (Lipinski definition) is 20. The molecule has 742 valence electrons. The van der Waals surface area contributed by atoms with E-state index in [-0.39, 0.29) is 68.4 Å². The Morgan fingerprint density at radius 3 is 0.970 bits per heavy atom. The van der Waals surface area contributed by atoms with Crippen LogP contribution in [0.15, 0.2) is 114 Å². The second-order valence-electron chi connectivity index (χ2n) is 36.8. The van der Waals surface area contributed by atoms with Crippen LogP contribution in [-0.2, 0) is 46.6 Å². The number of nitrogens with one attached hydrogen (secondary N) is 3. The van der Waals surface area contributed by atoms with Gasteiger partial charge in [-0.1, -0.05) is 91.7 Å². The van der Waals surface area contributed by atoms with E-state index in [4.69, 9.17) is 48.5 Å². The molecule has 25 nitrogen and oxygen atoms in total. The van der Waals surface area contributed by atoms with Gasteiger partial charge in [-0.05, 0) is 250 Å². The first-order valence-electron chi connectivity index (χ1n) is 43.1. The number of nitrogens with two attached hydrogens (primary N) is 1. The first-order chi connectivity index (χ1) is 61.2. The van der Waals surface area contributed by atoms with E-state index in [1.54, 1.807) is 39.5 Å². The summed E-state index contributed by atoms with van der Waals surface area (Å²) < 4.78 is 191. The third kappa shape index (κ3) is 36.4. The van der Waals surface area contributed by atoms with Crippen LogP contribution in [0.1, 0.15) is 213 Å². The summed E-state index contributed by atoms with van der Waals surface area (Å²) in [6.07, 6.45) is -2.42. The zero-order valence-corrected chi connectivity index (χ0v) is 83.0. The van der Waals surface area contributed by atoms with E-state index in [0.29, 0.717) is 27.8 Å². The lowest BCUT2D eigenvalue weighted by atomic mass is 10.0. The summed E-state index contributed by atoms with van der Waals surface area (Å²) in [5.41, 5.74) is 8.01. The standard InChI is InChI=1S/C15H23F2NO2Si.C15H22F2O2Si.C13H27NO2Si.3C10H9F2NO2.C9H11F2NO.C7H13NO2.C4H8O3/c1-10(20-21(5,6)15(2,3)4)14(18-19)11-7-8-12(16)13(17)9-11;1-10(19-20(5,6)15(2,3)4)14(18)11-7-8-12(16)13(17)9-11;1-11(12(15)14-9-7-8-10-14)16-17(5,6)13(2,3)4;3*1-5-9(13-10(14)15-5)6-2-3-7(11)8(12)4-6;1-5(13)9(12)6-2-3-7(10)8(11)4-6;1-6(9)7(10)8-4-2-3-5-8;1-3(5)4(6)7-2/h7-10,19H,1-6H3;7-10H,1-6H3;11H,7-10H2,1-6H3;3*2-5,9H,1H3,(H,13,14);2-5,9,13H,12H2,1H3;6,9H,2-5H2,1H3;3,5H,1-2H3/b18-14+;;;;;;;;/t2*10-;11-;5-,9?;5-,9+;5-,9-;5-,9?;6-;3-/m000111000/s1. The van der Waals surface area contributed by atoms with Crippen LogP contribution in [0.5, 0.6) is 0 Å². The molecule has 0 bridgehead atoms. The molecule has 9 N–H and O–H groups in total. The monoisotopic (exact) mass is 1950 g/mol. The van der Waals surface area contributed by atoms with Gasteiger partial charge in [-0.2, -0.15) is 0 Å². The summed E-state index contributed by atoms with van der Waals surface area (Å²) in [5, 5.41) is 46.5. The third-order valence-electron chi connectivity index (χ3n) is 23.1. The minimum Gasteiger partial charge on any atom is -0.467 e. The molecule has 0 radical (unpaired) electrons. The number of oxime groups is 1. The minimum absolute atomic E-state index is 0.00410. The van der Waals surface area contributed by atoms with Crippen molar-refractivity contribution in [2.45, 2.75) is 284 Å². The van der Waals surface area contributed by atoms with Crippen LogP contribution in [-0.4, -0.2) is 191 Å². The van der Waals surface area contributed by atoms with Gasteiger partial charge in [0.05, 0.1) is 43.5 Å². The number of aliphatic hydroxyl groups is 3. The fraction of sp³-hybridized carbons (Fsp3) is 0.527. The Morgan fingerprint density at radius 1 is 0.421 bits per heavy atom. The van der Waals surface area contributed by atoms with Gasteiger partial charge in [0.15, 0.2) is 101 Å². The number of halogens is 12. The van der Waals surface area contributed by atoms with E-state index >= 15 is 0 Å². The average Bonchev–Trinajstić information content (AvgIpc) is 1.61. The number of esters is 1. The van der Waals surface area contributed by atoms with Crippen molar-refractivity contribution in [1.82, 2.24) is 25.8 Å². The number of aliphatic hydroxyl groups excluding tert-OH is 3. The summed E-state index contributed by atoms with van der Waals surface area (Å²) in [7, 11) is -4.74. The van der Waals surface area contributed by atoms with E-state index in [1.165, 1.54) is 64.3 Å². The van der Waals surface area contributed by atoms with Gasteiger partial charge >= 0.3 is 24.2 Å².